The SMILES string of the molecule is CC(O)N(O)O. The summed E-state index contributed by atoms with van der Waals surface area (Å²) >= 11 is 0. The van der Waals surface area contributed by atoms with Crippen LogP contribution < -0.4 is 0 Å². The maximum Gasteiger partial charge on any atom is 0.153 e. The van der Waals surface area contributed by atoms with E-state index in [0.29, 0.717) is 0 Å². The molecular weight excluding hydrogens is 86.0 g/mol. The maximum absolute atomic E-state index is 8.06. The van der Waals surface area contributed by atoms with Crippen molar-refractivity contribution in [3.05, 3.63) is 0 Å². The zero-order valence-corrected chi connectivity index (χ0v) is 3.37. The summed E-state index contributed by atoms with van der Waals surface area (Å²) in [6, 6.07) is 0. The molecule has 0 aliphatic heterocycles. The summed E-state index contributed by atoms with van der Waals surface area (Å²) in [4.78, 5) is 0. The molecule has 0 aliphatic rings. The van der Waals surface area contributed by atoms with Gasteiger partial charge in [-0.1, -0.05) is 0 Å². The Hall–Kier alpha value is -0.160. The third-order valence-corrected chi connectivity index (χ3v) is 0.334. The number of rotatable bonds is 1. The predicted octanol–water partition coefficient (Wildman–Crippen LogP) is -0.595. The highest BCUT2D eigenvalue weighted by Gasteiger charge is 1.97. The van der Waals surface area contributed by atoms with Crippen molar-refractivity contribution in [1.29, 1.82) is 0 Å². The van der Waals surface area contributed by atoms with E-state index in [-0.39, 0.29) is 5.23 Å². The molecule has 1 unspecified atom stereocenters. The van der Waals surface area contributed by atoms with Gasteiger partial charge in [0.1, 0.15) is 0 Å². The van der Waals surface area contributed by atoms with E-state index in [1.807, 2.05) is 0 Å². The topological polar surface area (TPSA) is 63.9 Å². The van der Waals surface area contributed by atoms with Gasteiger partial charge >= 0.3 is 0 Å². The molecule has 38 valence electrons. The van der Waals surface area contributed by atoms with Gasteiger partial charge in [-0.25, -0.2) is 0 Å². The lowest BCUT2D eigenvalue weighted by atomic mass is 10.7. The quantitative estimate of drug-likeness (QED) is 0.299. The van der Waals surface area contributed by atoms with E-state index in [1.165, 1.54) is 6.92 Å². The van der Waals surface area contributed by atoms with E-state index in [9.17, 15) is 0 Å². The standard InChI is InChI=1S/C2H7NO3/c1-2(4)3(5)6/h2,4-6H,1H3. The molecule has 0 aromatic carbocycles. The van der Waals surface area contributed by atoms with Gasteiger partial charge in [-0.2, -0.15) is 0 Å². The van der Waals surface area contributed by atoms with Crippen LogP contribution in [0.15, 0.2) is 0 Å². The van der Waals surface area contributed by atoms with Crippen LogP contribution in [-0.2, 0) is 0 Å². The molecule has 3 N–H and O–H groups in total. The van der Waals surface area contributed by atoms with Crippen molar-refractivity contribution < 1.29 is 15.5 Å². The highest BCUT2D eigenvalue weighted by atomic mass is 16.8. The highest BCUT2D eigenvalue weighted by molar-refractivity contribution is 4.19. The number of hydroxylamine groups is 2. The third-order valence-electron chi connectivity index (χ3n) is 0.334. The molecule has 0 radical (unpaired) electrons. The summed E-state index contributed by atoms with van der Waals surface area (Å²) in [6.45, 7) is 1.22. The maximum atomic E-state index is 8.06. The molecule has 0 amide bonds. The van der Waals surface area contributed by atoms with E-state index >= 15 is 0 Å². The van der Waals surface area contributed by atoms with Gasteiger partial charge in [0.15, 0.2) is 6.23 Å². The molecule has 0 aliphatic carbocycles. The molecule has 4 nitrogen and oxygen atoms in total. The molecule has 0 fully saturated rings. The van der Waals surface area contributed by atoms with Gasteiger partial charge in [-0.05, 0) is 12.2 Å². The fourth-order valence-corrected chi connectivity index (χ4v) is 0. The summed E-state index contributed by atoms with van der Waals surface area (Å²) in [5.41, 5.74) is 0. The van der Waals surface area contributed by atoms with Crippen molar-refractivity contribution in [1.82, 2.24) is 5.23 Å². The number of aliphatic hydroxyl groups excluding tert-OH is 1. The van der Waals surface area contributed by atoms with Crippen LogP contribution in [0.5, 0.6) is 0 Å². The summed E-state index contributed by atoms with van der Waals surface area (Å²) in [7, 11) is 0. The van der Waals surface area contributed by atoms with E-state index in [2.05, 4.69) is 0 Å². The van der Waals surface area contributed by atoms with E-state index in [0.717, 1.165) is 0 Å². The number of hydrogen-bond acceptors (Lipinski definition) is 4. The van der Waals surface area contributed by atoms with Crippen molar-refractivity contribution in [2.24, 2.45) is 0 Å². The van der Waals surface area contributed by atoms with Gasteiger partial charge in [-0.15, -0.1) is 0 Å². The Morgan fingerprint density at radius 1 is 1.50 bits per heavy atom. The lowest BCUT2D eigenvalue weighted by Gasteiger charge is -2.06. The molecule has 0 heterocycles. The van der Waals surface area contributed by atoms with Crippen LogP contribution in [0.2, 0.25) is 0 Å². The predicted molar refractivity (Wildman–Crippen MR) is 17.1 cm³/mol. The van der Waals surface area contributed by atoms with Gasteiger partial charge in [0.05, 0.1) is 0 Å². The minimum atomic E-state index is -1.20. The molecule has 6 heavy (non-hydrogen) atoms. The Morgan fingerprint density at radius 2 is 1.67 bits per heavy atom. The van der Waals surface area contributed by atoms with E-state index < -0.39 is 6.23 Å². The largest absolute Gasteiger partial charge is 0.374 e. The van der Waals surface area contributed by atoms with Crippen LogP contribution >= 0.6 is 0 Å². The summed E-state index contributed by atoms with van der Waals surface area (Å²) in [6.07, 6.45) is -1.20. The number of aliphatic hydroxyl groups is 1. The van der Waals surface area contributed by atoms with Crippen LogP contribution in [0.3, 0.4) is 0 Å². The molecule has 0 saturated carbocycles. The fourth-order valence-electron chi connectivity index (χ4n) is 0. The Bertz CT molecular complexity index is 29.8. The summed E-state index contributed by atoms with van der Waals surface area (Å²) in [5.74, 6) is 0. The van der Waals surface area contributed by atoms with Crippen molar-refractivity contribution in [2.45, 2.75) is 13.2 Å². The van der Waals surface area contributed by atoms with Crippen molar-refractivity contribution >= 4 is 0 Å². The Morgan fingerprint density at radius 3 is 1.67 bits per heavy atom. The van der Waals surface area contributed by atoms with Crippen LogP contribution in [0.4, 0.5) is 0 Å². The molecule has 0 rings (SSSR count). The molecule has 0 saturated heterocycles. The Balaban J connectivity index is 2.99. The first-order valence-electron chi connectivity index (χ1n) is 1.49. The highest BCUT2D eigenvalue weighted by Crippen LogP contribution is 1.78. The molecule has 1 atom stereocenters. The average molecular weight is 93.1 g/mol. The summed E-state index contributed by atoms with van der Waals surface area (Å²) < 4.78 is 0. The zero-order valence-electron chi connectivity index (χ0n) is 3.37. The van der Waals surface area contributed by atoms with E-state index in [1.54, 1.807) is 0 Å². The molecule has 4 heteroatoms. The monoisotopic (exact) mass is 93.0 g/mol. The van der Waals surface area contributed by atoms with Crippen molar-refractivity contribution in [3.63, 3.8) is 0 Å². The smallest absolute Gasteiger partial charge is 0.153 e. The molecule has 0 spiro atoms. The van der Waals surface area contributed by atoms with Crippen LogP contribution in [0.25, 0.3) is 0 Å². The summed E-state index contributed by atoms with van der Waals surface area (Å²) in [5, 5.41) is 23.3. The molecule has 0 aromatic heterocycles. The first-order chi connectivity index (χ1) is 2.64. The third kappa shape index (κ3) is 2.10. The normalized spacial score (nSPS) is 15.5. The van der Waals surface area contributed by atoms with Crippen LogP contribution in [-0.4, -0.2) is 27.0 Å². The average Bonchev–Trinajstić information content (AvgIpc) is 1.36. The molecule has 0 aromatic rings. The second-order valence-corrected chi connectivity index (χ2v) is 0.952. The zero-order chi connectivity index (χ0) is 5.15. The van der Waals surface area contributed by atoms with Gasteiger partial charge in [-0.3, -0.25) is 10.4 Å². The Kier molecular flexibility index (Phi) is 2.04. The second-order valence-electron chi connectivity index (χ2n) is 0.952. The van der Waals surface area contributed by atoms with Crippen molar-refractivity contribution in [2.75, 3.05) is 0 Å². The number of nitrogens with zero attached hydrogens (tertiary/aromatic N) is 1. The second kappa shape index (κ2) is 2.09. The lowest BCUT2D eigenvalue weighted by Crippen LogP contribution is -2.24. The number of hydrogen-bond donors (Lipinski definition) is 3. The van der Waals surface area contributed by atoms with Crippen LogP contribution in [0, 0.1) is 0 Å². The molecular formula is C2H7NO3. The van der Waals surface area contributed by atoms with Gasteiger partial charge in [0, 0.05) is 0 Å². The minimum absolute atomic E-state index is 0.278. The van der Waals surface area contributed by atoms with Gasteiger partial charge in [0.2, 0.25) is 0 Å². The van der Waals surface area contributed by atoms with Gasteiger partial charge < -0.3 is 5.11 Å². The first kappa shape index (κ1) is 5.84. The fraction of sp³-hybridized carbons (Fsp3) is 1.00. The minimum Gasteiger partial charge on any atom is -0.374 e. The van der Waals surface area contributed by atoms with E-state index in [4.69, 9.17) is 15.5 Å². The molecule has 0 bridgehead atoms. The van der Waals surface area contributed by atoms with Crippen molar-refractivity contribution in [3.8, 4) is 0 Å². The first-order valence-corrected chi connectivity index (χ1v) is 1.49. The lowest BCUT2D eigenvalue weighted by molar-refractivity contribution is -0.365. The Labute approximate surface area is 35.2 Å². The van der Waals surface area contributed by atoms with Crippen LogP contribution in [0.1, 0.15) is 6.92 Å². The van der Waals surface area contributed by atoms with Gasteiger partial charge in [0.25, 0.3) is 0 Å².